The van der Waals surface area contributed by atoms with Crippen LogP contribution in [0.4, 0.5) is 0 Å². The molecule has 0 bridgehead atoms. The fourth-order valence-corrected chi connectivity index (χ4v) is 1.36. The smallest absolute Gasteiger partial charge is 0.326 e. The van der Waals surface area contributed by atoms with Gasteiger partial charge in [0.05, 0.1) is 13.5 Å². The average Bonchev–Trinajstić information content (AvgIpc) is 2.27. The first kappa shape index (κ1) is 16.4. The van der Waals surface area contributed by atoms with E-state index in [0.717, 1.165) is 7.11 Å². The van der Waals surface area contributed by atoms with Crippen LogP contribution in [0.25, 0.3) is 0 Å². The summed E-state index contributed by atoms with van der Waals surface area (Å²) in [6.07, 6.45) is -0.255. The molecule has 0 aliphatic rings. The van der Waals surface area contributed by atoms with Crippen molar-refractivity contribution in [3.63, 3.8) is 0 Å². The normalized spacial score (nSPS) is 13.5. The molecule has 104 valence electrons. The van der Waals surface area contributed by atoms with E-state index in [4.69, 9.17) is 9.84 Å². The zero-order valence-corrected chi connectivity index (χ0v) is 10.8. The lowest BCUT2D eigenvalue weighted by atomic mass is 10.1. The van der Waals surface area contributed by atoms with Crippen LogP contribution in [0.15, 0.2) is 0 Å². The highest BCUT2D eigenvalue weighted by Gasteiger charge is 2.24. The monoisotopic (exact) mass is 261 g/mol. The number of aliphatic carboxylic acids is 1. The van der Waals surface area contributed by atoms with Crippen molar-refractivity contribution in [2.45, 2.75) is 25.8 Å². The van der Waals surface area contributed by atoms with Crippen molar-refractivity contribution in [1.29, 1.82) is 0 Å². The molecule has 1 unspecified atom stereocenters. The summed E-state index contributed by atoms with van der Waals surface area (Å²) in [5, 5.41) is 11.1. The van der Waals surface area contributed by atoms with Crippen LogP contribution in [-0.2, 0) is 23.9 Å². The first-order valence-electron chi connectivity index (χ1n) is 5.48. The van der Waals surface area contributed by atoms with E-state index in [2.05, 4.69) is 10.1 Å². The minimum atomic E-state index is -1.27. The number of carboxylic acids is 1. The first-order chi connectivity index (χ1) is 8.40. The summed E-state index contributed by atoms with van der Waals surface area (Å²) < 4.78 is 9.23. The third kappa shape index (κ3) is 6.85. The number of rotatable bonds is 8. The Morgan fingerprint density at radius 2 is 1.83 bits per heavy atom. The molecule has 2 N–H and O–H groups in total. The second kappa shape index (κ2) is 8.46. The maximum Gasteiger partial charge on any atom is 0.326 e. The van der Waals surface area contributed by atoms with Crippen molar-refractivity contribution in [3.05, 3.63) is 0 Å². The molecule has 0 aliphatic heterocycles. The quantitative estimate of drug-likeness (QED) is 0.586. The predicted octanol–water partition coefficient (Wildman–Crippen LogP) is -0.208. The molecule has 0 aromatic heterocycles. The van der Waals surface area contributed by atoms with Crippen LogP contribution >= 0.6 is 0 Å². The van der Waals surface area contributed by atoms with Gasteiger partial charge < -0.3 is 19.9 Å². The first-order valence-corrected chi connectivity index (χ1v) is 5.48. The fourth-order valence-electron chi connectivity index (χ4n) is 1.36. The summed E-state index contributed by atoms with van der Waals surface area (Å²) in [4.78, 5) is 33.4. The number of esters is 1. The Morgan fingerprint density at radius 1 is 1.22 bits per heavy atom. The van der Waals surface area contributed by atoms with Crippen molar-refractivity contribution in [3.8, 4) is 0 Å². The summed E-state index contributed by atoms with van der Waals surface area (Å²) in [6.45, 7) is 2.21. The highest BCUT2D eigenvalue weighted by Crippen LogP contribution is 2.03. The van der Waals surface area contributed by atoms with Crippen LogP contribution in [-0.4, -0.2) is 49.8 Å². The van der Waals surface area contributed by atoms with Crippen LogP contribution in [0.5, 0.6) is 0 Å². The number of carboxylic acid groups (broad SMARTS) is 1. The SMILES string of the molecule is COCC(C)CC(=O)N[C@@H](CC(=O)OC)C(=O)O. The van der Waals surface area contributed by atoms with E-state index in [9.17, 15) is 14.4 Å². The van der Waals surface area contributed by atoms with Crippen molar-refractivity contribution in [1.82, 2.24) is 5.32 Å². The van der Waals surface area contributed by atoms with Crippen LogP contribution in [0.1, 0.15) is 19.8 Å². The van der Waals surface area contributed by atoms with Crippen LogP contribution in [0.2, 0.25) is 0 Å². The molecular formula is C11H19NO6. The number of ether oxygens (including phenoxy) is 2. The molecule has 2 atom stereocenters. The molecule has 0 aromatic carbocycles. The molecule has 0 radical (unpaired) electrons. The number of amides is 1. The Labute approximate surface area is 105 Å². The minimum absolute atomic E-state index is 0.0254. The number of nitrogens with one attached hydrogen (secondary N) is 1. The van der Waals surface area contributed by atoms with E-state index in [1.165, 1.54) is 7.11 Å². The van der Waals surface area contributed by atoms with E-state index in [1.54, 1.807) is 6.92 Å². The lowest BCUT2D eigenvalue weighted by Gasteiger charge is -2.15. The molecular weight excluding hydrogens is 242 g/mol. The topological polar surface area (TPSA) is 102 Å². The van der Waals surface area contributed by atoms with Crippen molar-refractivity contribution in [2.24, 2.45) is 5.92 Å². The third-order valence-electron chi connectivity index (χ3n) is 2.22. The van der Waals surface area contributed by atoms with Crippen LogP contribution in [0.3, 0.4) is 0 Å². The van der Waals surface area contributed by atoms with Gasteiger partial charge in [0.15, 0.2) is 0 Å². The number of hydrogen-bond donors (Lipinski definition) is 2. The Bertz CT molecular complexity index is 304. The minimum Gasteiger partial charge on any atom is -0.480 e. The summed E-state index contributed by atoms with van der Waals surface area (Å²) >= 11 is 0. The Morgan fingerprint density at radius 3 is 2.28 bits per heavy atom. The van der Waals surface area contributed by atoms with Gasteiger partial charge in [-0.1, -0.05) is 6.92 Å². The maximum absolute atomic E-state index is 11.5. The summed E-state index contributed by atoms with van der Waals surface area (Å²) in [5.74, 6) is -2.42. The van der Waals surface area contributed by atoms with Crippen LogP contribution in [0, 0.1) is 5.92 Å². The zero-order chi connectivity index (χ0) is 14.1. The van der Waals surface area contributed by atoms with Crippen LogP contribution < -0.4 is 5.32 Å². The molecule has 0 spiro atoms. The molecule has 0 rings (SSSR count). The van der Waals surface area contributed by atoms with Crippen molar-refractivity contribution < 1.29 is 29.0 Å². The van der Waals surface area contributed by atoms with Crippen molar-refractivity contribution in [2.75, 3.05) is 20.8 Å². The third-order valence-corrected chi connectivity index (χ3v) is 2.22. The molecule has 0 fully saturated rings. The number of carbonyl (C=O) groups excluding carboxylic acids is 2. The molecule has 0 heterocycles. The standard InChI is InChI=1S/C11H19NO6/c1-7(6-17-2)4-9(13)12-8(11(15)16)5-10(14)18-3/h7-8H,4-6H2,1-3H3,(H,12,13)(H,15,16)/t7?,8-/m0/s1. The number of methoxy groups -OCH3 is 2. The molecule has 1 amide bonds. The molecule has 0 saturated carbocycles. The zero-order valence-electron chi connectivity index (χ0n) is 10.8. The van der Waals surface area contributed by atoms with Gasteiger partial charge in [-0.05, 0) is 5.92 Å². The summed E-state index contributed by atoms with van der Waals surface area (Å²) in [7, 11) is 2.68. The largest absolute Gasteiger partial charge is 0.480 e. The van der Waals surface area contributed by atoms with E-state index in [1.807, 2.05) is 0 Å². The number of carbonyl (C=O) groups is 3. The van der Waals surface area contributed by atoms with Gasteiger partial charge in [-0.25, -0.2) is 4.79 Å². The highest BCUT2D eigenvalue weighted by atomic mass is 16.5. The van der Waals surface area contributed by atoms with E-state index >= 15 is 0 Å². The van der Waals surface area contributed by atoms with Gasteiger partial charge in [0, 0.05) is 20.1 Å². The Balaban J connectivity index is 4.28. The van der Waals surface area contributed by atoms with Gasteiger partial charge >= 0.3 is 11.9 Å². The van der Waals surface area contributed by atoms with E-state index in [-0.39, 0.29) is 12.3 Å². The predicted molar refractivity (Wildman–Crippen MR) is 61.9 cm³/mol. The summed E-state index contributed by atoms with van der Waals surface area (Å²) in [6, 6.07) is -1.26. The van der Waals surface area contributed by atoms with Gasteiger partial charge in [0.25, 0.3) is 0 Å². The second-order valence-corrected chi connectivity index (χ2v) is 4.00. The average molecular weight is 261 g/mol. The van der Waals surface area contributed by atoms with Gasteiger partial charge in [-0.15, -0.1) is 0 Å². The fraction of sp³-hybridized carbons (Fsp3) is 0.727. The second-order valence-electron chi connectivity index (χ2n) is 4.00. The number of hydrogen-bond acceptors (Lipinski definition) is 5. The lowest BCUT2D eigenvalue weighted by Crippen LogP contribution is -2.43. The van der Waals surface area contributed by atoms with E-state index in [0.29, 0.717) is 6.61 Å². The van der Waals surface area contributed by atoms with Gasteiger partial charge in [0.2, 0.25) is 5.91 Å². The molecule has 7 nitrogen and oxygen atoms in total. The maximum atomic E-state index is 11.5. The molecule has 0 aromatic rings. The van der Waals surface area contributed by atoms with Gasteiger partial charge in [-0.3, -0.25) is 9.59 Å². The van der Waals surface area contributed by atoms with Crippen molar-refractivity contribution >= 4 is 17.8 Å². The Kier molecular flexibility index (Phi) is 7.69. The lowest BCUT2D eigenvalue weighted by molar-refractivity contribution is -0.148. The highest BCUT2D eigenvalue weighted by molar-refractivity contribution is 5.87. The van der Waals surface area contributed by atoms with Gasteiger partial charge in [0.1, 0.15) is 6.04 Å². The molecule has 0 aliphatic carbocycles. The summed E-state index contributed by atoms with van der Waals surface area (Å²) in [5.41, 5.74) is 0. The molecule has 18 heavy (non-hydrogen) atoms. The molecule has 0 saturated heterocycles. The molecule has 7 heteroatoms. The van der Waals surface area contributed by atoms with Gasteiger partial charge in [-0.2, -0.15) is 0 Å². The Hall–Kier alpha value is -1.63. The van der Waals surface area contributed by atoms with E-state index < -0.39 is 30.3 Å².